The Balaban J connectivity index is 4.10. The molecule has 17 heavy (non-hydrogen) atoms. The normalized spacial score (nSPS) is 16.3. The minimum Gasteiger partial charge on any atom is -0.468 e. The number of nitrogens with one attached hydrogen (secondary N) is 1. The molecule has 0 aliphatic carbocycles. The van der Waals surface area contributed by atoms with Crippen molar-refractivity contribution in [2.24, 2.45) is 11.7 Å². The lowest BCUT2D eigenvalue weighted by molar-refractivity contribution is -0.143. The zero-order chi connectivity index (χ0) is 13.3. The maximum atomic E-state index is 11.5. The van der Waals surface area contributed by atoms with Gasteiger partial charge in [-0.2, -0.15) is 11.8 Å². The van der Waals surface area contributed by atoms with Gasteiger partial charge >= 0.3 is 5.97 Å². The molecule has 0 saturated heterocycles. The van der Waals surface area contributed by atoms with Crippen molar-refractivity contribution in [2.45, 2.75) is 38.8 Å². The first-order chi connectivity index (χ1) is 8.06. The summed E-state index contributed by atoms with van der Waals surface area (Å²) in [7, 11) is 1.42. The molecular weight excluding hydrogens is 236 g/mol. The molecule has 0 aromatic rings. The van der Waals surface area contributed by atoms with Gasteiger partial charge in [0.25, 0.3) is 0 Å². The van der Waals surface area contributed by atoms with Gasteiger partial charge in [0.1, 0.15) is 6.04 Å². The molecule has 0 aliphatic rings. The van der Waals surface area contributed by atoms with Crippen LogP contribution in [0.4, 0.5) is 0 Å². The van der Waals surface area contributed by atoms with Crippen molar-refractivity contribution in [3.8, 4) is 0 Å². The molecular formula is C12H26N2O2S. The summed E-state index contributed by atoms with van der Waals surface area (Å²) in [6.07, 6.45) is 3.86. The fraction of sp³-hybridized carbons (Fsp3) is 0.917. The Morgan fingerprint density at radius 1 is 1.53 bits per heavy atom. The average molecular weight is 262 g/mol. The van der Waals surface area contributed by atoms with Crippen molar-refractivity contribution in [2.75, 3.05) is 25.7 Å². The molecule has 0 rings (SSSR count). The highest BCUT2D eigenvalue weighted by Crippen LogP contribution is 2.06. The van der Waals surface area contributed by atoms with Crippen LogP contribution in [0.5, 0.6) is 0 Å². The number of carbonyl (C=O) groups is 1. The Morgan fingerprint density at radius 2 is 2.18 bits per heavy atom. The molecule has 4 nitrogen and oxygen atoms in total. The van der Waals surface area contributed by atoms with Crippen molar-refractivity contribution in [1.82, 2.24) is 5.32 Å². The Kier molecular flexibility index (Phi) is 9.59. The zero-order valence-electron chi connectivity index (χ0n) is 11.4. The molecule has 0 saturated carbocycles. The molecule has 102 valence electrons. The van der Waals surface area contributed by atoms with Crippen LogP contribution in [-0.2, 0) is 9.53 Å². The number of methoxy groups -OCH3 is 1. The van der Waals surface area contributed by atoms with E-state index in [-0.39, 0.29) is 18.1 Å². The van der Waals surface area contributed by atoms with Crippen LogP contribution in [0, 0.1) is 5.92 Å². The van der Waals surface area contributed by atoms with E-state index in [1.807, 2.05) is 6.26 Å². The topological polar surface area (TPSA) is 64.3 Å². The second kappa shape index (κ2) is 9.74. The molecule has 0 fully saturated rings. The van der Waals surface area contributed by atoms with Gasteiger partial charge in [-0.25, -0.2) is 0 Å². The number of hydrogen-bond acceptors (Lipinski definition) is 5. The van der Waals surface area contributed by atoms with Crippen molar-refractivity contribution in [3.63, 3.8) is 0 Å². The lowest BCUT2D eigenvalue weighted by Gasteiger charge is -2.22. The van der Waals surface area contributed by atoms with E-state index in [2.05, 4.69) is 19.2 Å². The average Bonchev–Trinajstić information content (AvgIpc) is 2.36. The minimum absolute atomic E-state index is 0.0847. The fourth-order valence-electron chi connectivity index (χ4n) is 1.46. The molecule has 0 amide bonds. The van der Waals surface area contributed by atoms with E-state index in [0.717, 1.165) is 18.6 Å². The summed E-state index contributed by atoms with van der Waals surface area (Å²) in [5.74, 6) is 1.20. The van der Waals surface area contributed by atoms with Gasteiger partial charge in [-0.15, -0.1) is 0 Å². The van der Waals surface area contributed by atoms with E-state index < -0.39 is 0 Å². The van der Waals surface area contributed by atoms with Gasteiger partial charge in [-0.3, -0.25) is 4.79 Å². The smallest absolute Gasteiger partial charge is 0.322 e. The summed E-state index contributed by atoms with van der Waals surface area (Å²) in [6, 6.07) is -0.149. The highest BCUT2D eigenvalue weighted by atomic mass is 32.2. The van der Waals surface area contributed by atoms with Gasteiger partial charge in [0, 0.05) is 12.6 Å². The van der Waals surface area contributed by atoms with E-state index in [0.29, 0.717) is 12.5 Å². The summed E-state index contributed by atoms with van der Waals surface area (Å²) >= 11 is 1.72. The third-order valence-corrected chi connectivity index (χ3v) is 3.72. The standard InChI is InChI=1S/C12H26N2O2S/c1-5-9(2)10(13)8-14-11(6-7-17-4)12(15)16-3/h9-11,14H,5-8,13H2,1-4H3/t9-,10-,11-/m0/s1. The summed E-state index contributed by atoms with van der Waals surface area (Å²) in [4.78, 5) is 11.5. The van der Waals surface area contributed by atoms with E-state index in [1.54, 1.807) is 11.8 Å². The van der Waals surface area contributed by atoms with Gasteiger partial charge < -0.3 is 15.8 Å². The second-order valence-corrected chi connectivity index (χ2v) is 5.30. The predicted molar refractivity (Wildman–Crippen MR) is 74.2 cm³/mol. The first kappa shape index (κ1) is 16.7. The van der Waals surface area contributed by atoms with E-state index in [9.17, 15) is 4.79 Å². The third-order valence-electron chi connectivity index (χ3n) is 3.07. The number of nitrogens with two attached hydrogens (primary N) is 1. The first-order valence-corrected chi connectivity index (χ1v) is 7.51. The van der Waals surface area contributed by atoms with Gasteiger partial charge in [0.2, 0.25) is 0 Å². The molecule has 0 aromatic heterocycles. The molecule has 0 heterocycles. The lowest BCUT2D eigenvalue weighted by Crippen LogP contribution is -2.46. The largest absolute Gasteiger partial charge is 0.468 e. The SMILES string of the molecule is CC[C@H](C)[C@@H](N)CN[C@@H](CCSC)C(=O)OC. The van der Waals surface area contributed by atoms with Crippen LogP contribution in [0.15, 0.2) is 0 Å². The maximum absolute atomic E-state index is 11.5. The number of esters is 1. The molecule has 3 N–H and O–H groups in total. The number of rotatable bonds is 9. The number of thioether (sulfide) groups is 1. The van der Waals surface area contributed by atoms with Crippen LogP contribution < -0.4 is 11.1 Å². The fourth-order valence-corrected chi connectivity index (χ4v) is 1.93. The highest BCUT2D eigenvalue weighted by Gasteiger charge is 2.20. The zero-order valence-corrected chi connectivity index (χ0v) is 12.2. The van der Waals surface area contributed by atoms with Crippen molar-refractivity contribution >= 4 is 17.7 Å². The van der Waals surface area contributed by atoms with Crippen molar-refractivity contribution in [1.29, 1.82) is 0 Å². The molecule has 3 atom stereocenters. The van der Waals surface area contributed by atoms with Crippen LogP contribution >= 0.6 is 11.8 Å². The summed E-state index contributed by atoms with van der Waals surface area (Å²) in [5, 5.41) is 3.21. The Hall–Kier alpha value is -0.260. The first-order valence-electron chi connectivity index (χ1n) is 6.12. The van der Waals surface area contributed by atoms with Gasteiger partial charge in [-0.1, -0.05) is 20.3 Å². The minimum atomic E-state index is -0.234. The Bertz CT molecular complexity index is 215. The highest BCUT2D eigenvalue weighted by molar-refractivity contribution is 7.98. The van der Waals surface area contributed by atoms with Gasteiger partial charge in [0.15, 0.2) is 0 Å². The Morgan fingerprint density at radius 3 is 2.65 bits per heavy atom. The third kappa shape index (κ3) is 6.91. The molecule has 0 aromatic carbocycles. The van der Waals surface area contributed by atoms with Crippen LogP contribution in [0.25, 0.3) is 0 Å². The number of hydrogen-bond donors (Lipinski definition) is 2. The molecule has 0 spiro atoms. The lowest BCUT2D eigenvalue weighted by atomic mass is 10.00. The van der Waals surface area contributed by atoms with Gasteiger partial charge in [0.05, 0.1) is 7.11 Å². The number of ether oxygens (including phenoxy) is 1. The van der Waals surface area contributed by atoms with Crippen LogP contribution in [0.2, 0.25) is 0 Å². The van der Waals surface area contributed by atoms with Crippen LogP contribution in [0.1, 0.15) is 26.7 Å². The predicted octanol–water partition coefficient (Wildman–Crippen LogP) is 1.24. The van der Waals surface area contributed by atoms with Crippen LogP contribution in [0.3, 0.4) is 0 Å². The molecule has 0 unspecified atom stereocenters. The molecule has 0 aliphatic heterocycles. The molecule has 0 bridgehead atoms. The van der Waals surface area contributed by atoms with E-state index in [4.69, 9.17) is 10.5 Å². The summed E-state index contributed by atoms with van der Waals surface area (Å²) in [5.41, 5.74) is 6.03. The monoisotopic (exact) mass is 262 g/mol. The van der Waals surface area contributed by atoms with Gasteiger partial charge in [-0.05, 0) is 24.3 Å². The second-order valence-electron chi connectivity index (χ2n) is 4.31. The van der Waals surface area contributed by atoms with E-state index >= 15 is 0 Å². The van der Waals surface area contributed by atoms with E-state index in [1.165, 1.54) is 7.11 Å². The molecule has 0 radical (unpaired) electrons. The Labute approximate surface area is 109 Å². The van der Waals surface area contributed by atoms with Crippen LogP contribution in [-0.4, -0.2) is 43.7 Å². The molecule has 5 heteroatoms. The summed E-state index contributed by atoms with van der Waals surface area (Å²) < 4.78 is 4.78. The maximum Gasteiger partial charge on any atom is 0.322 e. The summed E-state index contributed by atoms with van der Waals surface area (Å²) in [6.45, 7) is 4.90. The van der Waals surface area contributed by atoms with Crippen molar-refractivity contribution < 1.29 is 9.53 Å². The quantitative estimate of drug-likeness (QED) is 0.612. The number of carbonyl (C=O) groups excluding carboxylic acids is 1. The van der Waals surface area contributed by atoms with Crippen molar-refractivity contribution in [3.05, 3.63) is 0 Å².